The molecule has 2 rings (SSSR count). The maximum absolute atomic E-state index is 11.8. The predicted octanol–water partition coefficient (Wildman–Crippen LogP) is 1.90. The van der Waals surface area contributed by atoms with Crippen LogP contribution in [0.4, 0.5) is 0 Å². The van der Waals surface area contributed by atoms with Crippen molar-refractivity contribution in [2.24, 2.45) is 7.05 Å². The second kappa shape index (κ2) is 7.38. The zero-order valence-corrected chi connectivity index (χ0v) is 13.8. The molecular weight excluding hydrogens is 332 g/mol. The highest BCUT2D eigenvalue weighted by atomic mass is 79.9. The summed E-state index contributed by atoms with van der Waals surface area (Å²) in [4.78, 5) is 11.8. The number of carbonyl (C=O) groups excluding carboxylic acids is 1. The molecule has 0 fully saturated rings. The lowest BCUT2D eigenvalue weighted by molar-refractivity contribution is -0.120. The molecule has 2 aromatic rings. The Morgan fingerprint density at radius 2 is 2.00 bits per heavy atom. The van der Waals surface area contributed by atoms with Gasteiger partial charge in [0.05, 0.1) is 22.4 Å². The molecule has 0 saturated heterocycles. The standard InChI is InChI=1S/C15H19BrN4O/c1-11-15(16)13(20(2)19-11)9-17-10-14(21)18-8-12-6-4-3-5-7-12/h3-7,17H,8-10H2,1-2H3,(H,18,21). The van der Waals surface area contributed by atoms with Gasteiger partial charge < -0.3 is 10.6 Å². The molecule has 6 heteroatoms. The van der Waals surface area contributed by atoms with Gasteiger partial charge in [-0.3, -0.25) is 9.48 Å². The van der Waals surface area contributed by atoms with Crippen LogP contribution in [0.1, 0.15) is 17.0 Å². The van der Waals surface area contributed by atoms with Crippen molar-refractivity contribution < 1.29 is 4.79 Å². The quantitative estimate of drug-likeness (QED) is 0.836. The van der Waals surface area contributed by atoms with E-state index in [9.17, 15) is 4.79 Å². The van der Waals surface area contributed by atoms with Gasteiger partial charge in [-0.25, -0.2) is 0 Å². The summed E-state index contributed by atoms with van der Waals surface area (Å²) in [5, 5.41) is 10.3. The molecule has 112 valence electrons. The monoisotopic (exact) mass is 350 g/mol. The molecule has 2 N–H and O–H groups in total. The van der Waals surface area contributed by atoms with Crippen LogP contribution in [0, 0.1) is 6.92 Å². The summed E-state index contributed by atoms with van der Waals surface area (Å²) >= 11 is 3.51. The second-order valence-electron chi connectivity index (χ2n) is 4.84. The molecule has 1 aromatic heterocycles. The number of carbonyl (C=O) groups is 1. The van der Waals surface area contributed by atoms with Crippen molar-refractivity contribution in [3.63, 3.8) is 0 Å². The summed E-state index contributed by atoms with van der Waals surface area (Å²) in [7, 11) is 1.89. The van der Waals surface area contributed by atoms with Crippen LogP contribution in [-0.4, -0.2) is 22.2 Å². The highest BCUT2D eigenvalue weighted by Crippen LogP contribution is 2.19. The molecule has 1 aromatic carbocycles. The third-order valence-corrected chi connectivity index (χ3v) is 4.20. The zero-order chi connectivity index (χ0) is 15.2. The topological polar surface area (TPSA) is 59.0 Å². The van der Waals surface area contributed by atoms with E-state index in [0.29, 0.717) is 13.1 Å². The molecule has 0 spiro atoms. The Balaban J connectivity index is 1.74. The van der Waals surface area contributed by atoms with Crippen molar-refractivity contribution in [1.29, 1.82) is 0 Å². The van der Waals surface area contributed by atoms with Crippen molar-refractivity contribution in [1.82, 2.24) is 20.4 Å². The van der Waals surface area contributed by atoms with E-state index in [0.717, 1.165) is 21.4 Å². The summed E-state index contributed by atoms with van der Waals surface area (Å²) in [5.74, 6) is -0.0196. The Morgan fingerprint density at radius 1 is 1.29 bits per heavy atom. The van der Waals surface area contributed by atoms with Crippen molar-refractivity contribution in [3.8, 4) is 0 Å². The first-order chi connectivity index (χ1) is 10.1. The van der Waals surface area contributed by atoms with Gasteiger partial charge in [0.2, 0.25) is 5.91 Å². The highest BCUT2D eigenvalue weighted by molar-refractivity contribution is 9.10. The van der Waals surface area contributed by atoms with E-state index in [1.807, 2.05) is 49.0 Å². The fourth-order valence-electron chi connectivity index (χ4n) is 2.03. The zero-order valence-electron chi connectivity index (χ0n) is 12.2. The first kappa shape index (κ1) is 15.7. The second-order valence-corrected chi connectivity index (χ2v) is 5.63. The molecule has 0 aliphatic carbocycles. The molecule has 0 unspecified atom stereocenters. The number of hydrogen-bond donors (Lipinski definition) is 2. The van der Waals surface area contributed by atoms with Crippen LogP contribution in [0.5, 0.6) is 0 Å². The van der Waals surface area contributed by atoms with Gasteiger partial charge in [0, 0.05) is 20.1 Å². The minimum absolute atomic E-state index is 0.0196. The van der Waals surface area contributed by atoms with E-state index in [2.05, 4.69) is 31.7 Å². The van der Waals surface area contributed by atoms with Gasteiger partial charge in [0.15, 0.2) is 0 Å². The Kier molecular flexibility index (Phi) is 5.52. The van der Waals surface area contributed by atoms with Crippen LogP contribution < -0.4 is 10.6 Å². The minimum Gasteiger partial charge on any atom is -0.351 e. The molecule has 0 aliphatic rings. The van der Waals surface area contributed by atoms with Crippen molar-refractivity contribution >= 4 is 21.8 Å². The largest absolute Gasteiger partial charge is 0.351 e. The van der Waals surface area contributed by atoms with Gasteiger partial charge in [-0.2, -0.15) is 5.10 Å². The lowest BCUT2D eigenvalue weighted by Crippen LogP contribution is -2.33. The lowest BCUT2D eigenvalue weighted by atomic mass is 10.2. The van der Waals surface area contributed by atoms with Gasteiger partial charge in [0.25, 0.3) is 0 Å². The first-order valence-corrected chi connectivity index (χ1v) is 7.56. The smallest absolute Gasteiger partial charge is 0.234 e. The average molecular weight is 351 g/mol. The van der Waals surface area contributed by atoms with Crippen LogP contribution in [0.3, 0.4) is 0 Å². The maximum Gasteiger partial charge on any atom is 0.234 e. The molecule has 0 atom stereocenters. The van der Waals surface area contributed by atoms with Crippen LogP contribution in [0.2, 0.25) is 0 Å². The maximum atomic E-state index is 11.8. The number of rotatable bonds is 6. The summed E-state index contributed by atoms with van der Waals surface area (Å²) in [5.41, 5.74) is 3.07. The Hall–Kier alpha value is -1.66. The lowest BCUT2D eigenvalue weighted by Gasteiger charge is -2.07. The van der Waals surface area contributed by atoms with Gasteiger partial charge >= 0.3 is 0 Å². The number of aromatic nitrogens is 2. The Labute approximate surface area is 132 Å². The van der Waals surface area contributed by atoms with Crippen molar-refractivity contribution in [2.75, 3.05) is 6.54 Å². The van der Waals surface area contributed by atoms with E-state index in [1.54, 1.807) is 0 Å². The van der Waals surface area contributed by atoms with Crippen LogP contribution in [-0.2, 0) is 24.9 Å². The Bertz CT molecular complexity index is 610. The summed E-state index contributed by atoms with van der Waals surface area (Å²) < 4.78 is 2.80. The predicted molar refractivity (Wildman–Crippen MR) is 85.6 cm³/mol. The fraction of sp³-hybridized carbons (Fsp3) is 0.333. The molecule has 1 amide bonds. The molecule has 0 radical (unpaired) electrons. The third-order valence-electron chi connectivity index (χ3n) is 3.17. The molecule has 5 nitrogen and oxygen atoms in total. The van der Waals surface area contributed by atoms with Gasteiger partial charge in [0.1, 0.15) is 0 Å². The van der Waals surface area contributed by atoms with Crippen LogP contribution in [0.15, 0.2) is 34.8 Å². The highest BCUT2D eigenvalue weighted by Gasteiger charge is 2.10. The number of aryl methyl sites for hydroxylation is 2. The summed E-state index contributed by atoms with van der Waals surface area (Å²) in [6.07, 6.45) is 0. The van der Waals surface area contributed by atoms with Gasteiger partial charge in [-0.1, -0.05) is 30.3 Å². The van der Waals surface area contributed by atoms with E-state index in [1.165, 1.54) is 0 Å². The average Bonchev–Trinajstić information content (AvgIpc) is 2.72. The molecule has 0 saturated carbocycles. The van der Waals surface area contributed by atoms with Crippen LogP contribution in [0.25, 0.3) is 0 Å². The number of nitrogens with one attached hydrogen (secondary N) is 2. The molecule has 0 aliphatic heterocycles. The van der Waals surface area contributed by atoms with Crippen molar-refractivity contribution in [3.05, 3.63) is 51.8 Å². The van der Waals surface area contributed by atoms with E-state index in [-0.39, 0.29) is 12.5 Å². The van der Waals surface area contributed by atoms with Gasteiger partial charge in [-0.05, 0) is 28.4 Å². The Morgan fingerprint density at radius 3 is 2.62 bits per heavy atom. The third kappa shape index (κ3) is 4.41. The first-order valence-electron chi connectivity index (χ1n) is 6.77. The summed E-state index contributed by atoms with van der Waals surface area (Å²) in [6.45, 7) is 3.37. The number of benzene rings is 1. The minimum atomic E-state index is -0.0196. The molecular formula is C15H19BrN4O. The fourth-order valence-corrected chi connectivity index (χ4v) is 2.50. The summed E-state index contributed by atoms with van der Waals surface area (Å²) in [6, 6.07) is 9.86. The normalized spacial score (nSPS) is 10.6. The van der Waals surface area contributed by atoms with E-state index < -0.39 is 0 Å². The number of amides is 1. The SMILES string of the molecule is Cc1nn(C)c(CNCC(=O)NCc2ccccc2)c1Br. The number of hydrogen-bond acceptors (Lipinski definition) is 3. The van der Waals surface area contributed by atoms with E-state index >= 15 is 0 Å². The molecule has 0 bridgehead atoms. The molecule has 21 heavy (non-hydrogen) atoms. The number of halogens is 1. The molecule has 1 heterocycles. The number of nitrogens with zero attached hydrogens (tertiary/aromatic N) is 2. The van der Waals surface area contributed by atoms with Crippen molar-refractivity contribution in [2.45, 2.75) is 20.0 Å². The van der Waals surface area contributed by atoms with E-state index in [4.69, 9.17) is 0 Å². The van der Waals surface area contributed by atoms with Crippen LogP contribution >= 0.6 is 15.9 Å². The van der Waals surface area contributed by atoms with Gasteiger partial charge in [-0.15, -0.1) is 0 Å².